The van der Waals surface area contributed by atoms with Crippen molar-refractivity contribution in [1.82, 2.24) is 10.1 Å². The fourth-order valence-corrected chi connectivity index (χ4v) is 1.62. The van der Waals surface area contributed by atoms with E-state index in [0.717, 1.165) is 0 Å². The minimum absolute atomic E-state index is 0.264. The number of hydrogen-bond donors (Lipinski definition) is 0. The third-order valence-electron chi connectivity index (χ3n) is 2.56. The Bertz CT molecular complexity index is 494. The maximum absolute atomic E-state index is 5.59. The number of aryl methyl sites for hydroxylation is 2. The van der Waals surface area contributed by atoms with Gasteiger partial charge in [-0.2, -0.15) is 4.98 Å². The highest BCUT2D eigenvalue weighted by Gasteiger charge is 2.06. The molecule has 2 rings (SSSR count). The molecule has 0 atom stereocenters. The molecule has 0 aliphatic carbocycles. The summed E-state index contributed by atoms with van der Waals surface area (Å²) in [6.07, 6.45) is 0.682. The van der Waals surface area contributed by atoms with Crippen molar-refractivity contribution >= 4 is 11.6 Å². The van der Waals surface area contributed by atoms with E-state index in [0.29, 0.717) is 18.1 Å². The first kappa shape index (κ1) is 11.1. The summed E-state index contributed by atoms with van der Waals surface area (Å²) in [7, 11) is 0. The molecule has 0 spiro atoms. The minimum Gasteiger partial charge on any atom is -0.338 e. The van der Waals surface area contributed by atoms with Crippen LogP contribution in [0.3, 0.4) is 0 Å². The van der Waals surface area contributed by atoms with E-state index in [4.69, 9.17) is 16.1 Å². The van der Waals surface area contributed by atoms with E-state index in [2.05, 4.69) is 42.2 Å². The second-order valence-electron chi connectivity index (χ2n) is 3.83. The molecule has 1 aromatic carbocycles. The SMILES string of the molecule is Cc1ccc(Cc2noc(CCl)n2)cc1C. The predicted octanol–water partition coefficient (Wildman–Crippen LogP) is 3.02. The average Bonchev–Trinajstić information content (AvgIpc) is 2.71. The summed E-state index contributed by atoms with van der Waals surface area (Å²) in [5.74, 6) is 1.42. The monoisotopic (exact) mass is 236 g/mol. The Morgan fingerprint density at radius 1 is 1.25 bits per heavy atom. The lowest BCUT2D eigenvalue weighted by atomic mass is 10.0. The van der Waals surface area contributed by atoms with Crippen molar-refractivity contribution in [3.05, 3.63) is 46.6 Å². The molecule has 0 fully saturated rings. The van der Waals surface area contributed by atoms with E-state index in [1.54, 1.807) is 0 Å². The summed E-state index contributed by atoms with van der Waals surface area (Å²) in [6, 6.07) is 6.33. The van der Waals surface area contributed by atoms with Crippen LogP contribution in [0.25, 0.3) is 0 Å². The molecule has 84 valence electrons. The van der Waals surface area contributed by atoms with Gasteiger partial charge in [0.15, 0.2) is 5.82 Å². The minimum atomic E-state index is 0.264. The van der Waals surface area contributed by atoms with Gasteiger partial charge in [0.25, 0.3) is 0 Å². The zero-order chi connectivity index (χ0) is 11.5. The molecule has 4 heteroatoms. The molecule has 0 unspecified atom stereocenters. The van der Waals surface area contributed by atoms with Crippen LogP contribution in [0.1, 0.15) is 28.4 Å². The number of nitrogens with zero attached hydrogens (tertiary/aromatic N) is 2. The predicted molar refractivity (Wildman–Crippen MR) is 62.6 cm³/mol. The summed E-state index contributed by atoms with van der Waals surface area (Å²) in [4.78, 5) is 4.17. The Balaban J connectivity index is 2.17. The van der Waals surface area contributed by atoms with E-state index < -0.39 is 0 Å². The maximum Gasteiger partial charge on any atom is 0.241 e. The molecule has 0 saturated heterocycles. The second kappa shape index (κ2) is 4.66. The van der Waals surface area contributed by atoms with Gasteiger partial charge >= 0.3 is 0 Å². The van der Waals surface area contributed by atoms with Crippen molar-refractivity contribution in [1.29, 1.82) is 0 Å². The van der Waals surface area contributed by atoms with Crippen LogP contribution in [-0.2, 0) is 12.3 Å². The highest BCUT2D eigenvalue weighted by molar-refractivity contribution is 6.16. The standard InChI is InChI=1S/C12H13ClN2O/c1-8-3-4-10(5-9(8)2)6-11-14-12(7-13)16-15-11/h3-5H,6-7H2,1-2H3. The van der Waals surface area contributed by atoms with Gasteiger partial charge in [0.1, 0.15) is 5.88 Å². The van der Waals surface area contributed by atoms with Crippen molar-refractivity contribution in [2.24, 2.45) is 0 Å². The first-order chi connectivity index (χ1) is 7.69. The lowest BCUT2D eigenvalue weighted by Crippen LogP contribution is -1.92. The van der Waals surface area contributed by atoms with Crippen LogP contribution < -0.4 is 0 Å². The fraction of sp³-hybridized carbons (Fsp3) is 0.333. The molecule has 0 amide bonds. The number of alkyl halides is 1. The van der Waals surface area contributed by atoms with Crippen LogP contribution >= 0.6 is 11.6 Å². The van der Waals surface area contributed by atoms with E-state index in [-0.39, 0.29) is 5.88 Å². The molecule has 1 aromatic heterocycles. The molecule has 0 saturated carbocycles. The Morgan fingerprint density at radius 2 is 2.06 bits per heavy atom. The summed E-state index contributed by atoms with van der Waals surface area (Å²) >= 11 is 5.59. The van der Waals surface area contributed by atoms with Crippen molar-refractivity contribution in [2.45, 2.75) is 26.1 Å². The van der Waals surface area contributed by atoms with Crippen molar-refractivity contribution in [3.63, 3.8) is 0 Å². The summed E-state index contributed by atoms with van der Waals surface area (Å²) in [5.41, 5.74) is 3.75. The number of benzene rings is 1. The van der Waals surface area contributed by atoms with Gasteiger partial charge in [-0.25, -0.2) is 0 Å². The first-order valence-corrected chi connectivity index (χ1v) is 5.66. The normalized spacial score (nSPS) is 10.7. The Hall–Kier alpha value is -1.35. The fourth-order valence-electron chi connectivity index (χ4n) is 1.51. The van der Waals surface area contributed by atoms with Gasteiger partial charge in [0.2, 0.25) is 5.89 Å². The smallest absolute Gasteiger partial charge is 0.241 e. The summed E-state index contributed by atoms with van der Waals surface area (Å²) in [5, 5.41) is 3.86. The number of hydrogen-bond acceptors (Lipinski definition) is 3. The van der Waals surface area contributed by atoms with E-state index in [1.807, 2.05) is 0 Å². The average molecular weight is 237 g/mol. The molecular formula is C12H13ClN2O. The highest BCUT2D eigenvalue weighted by atomic mass is 35.5. The van der Waals surface area contributed by atoms with E-state index in [1.165, 1.54) is 16.7 Å². The lowest BCUT2D eigenvalue weighted by Gasteiger charge is -2.02. The Kier molecular flexibility index (Phi) is 3.25. The van der Waals surface area contributed by atoms with Crippen molar-refractivity contribution < 1.29 is 4.52 Å². The quantitative estimate of drug-likeness (QED) is 0.769. The summed E-state index contributed by atoms with van der Waals surface area (Å²) < 4.78 is 4.95. The third-order valence-corrected chi connectivity index (χ3v) is 2.79. The number of halogens is 1. The van der Waals surface area contributed by atoms with Crippen LogP contribution in [0.4, 0.5) is 0 Å². The lowest BCUT2D eigenvalue weighted by molar-refractivity contribution is 0.385. The van der Waals surface area contributed by atoms with Gasteiger partial charge in [-0.05, 0) is 30.5 Å². The molecule has 3 nitrogen and oxygen atoms in total. The van der Waals surface area contributed by atoms with Crippen LogP contribution in [0.15, 0.2) is 22.7 Å². The molecular weight excluding hydrogens is 224 g/mol. The van der Waals surface area contributed by atoms with Gasteiger partial charge in [0, 0.05) is 6.42 Å². The third kappa shape index (κ3) is 2.42. The van der Waals surface area contributed by atoms with Crippen LogP contribution in [0, 0.1) is 13.8 Å². The maximum atomic E-state index is 5.59. The summed E-state index contributed by atoms with van der Waals surface area (Å²) in [6.45, 7) is 4.19. The Labute approximate surface area is 99.4 Å². The van der Waals surface area contributed by atoms with Crippen molar-refractivity contribution in [3.8, 4) is 0 Å². The largest absolute Gasteiger partial charge is 0.338 e. The molecule has 2 aromatic rings. The molecule has 0 bridgehead atoms. The van der Waals surface area contributed by atoms with Gasteiger partial charge < -0.3 is 4.52 Å². The zero-order valence-electron chi connectivity index (χ0n) is 9.33. The second-order valence-corrected chi connectivity index (χ2v) is 4.10. The highest BCUT2D eigenvalue weighted by Crippen LogP contribution is 2.13. The van der Waals surface area contributed by atoms with Crippen LogP contribution in [-0.4, -0.2) is 10.1 Å². The number of rotatable bonds is 3. The first-order valence-electron chi connectivity index (χ1n) is 5.12. The van der Waals surface area contributed by atoms with Gasteiger partial charge in [-0.15, -0.1) is 11.6 Å². The van der Waals surface area contributed by atoms with Crippen LogP contribution in [0.2, 0.25) is 0 Å². The molecule has 0 aliphatic rings. The molecule has 16 heavy (non-hydrogen) atoms. The Morgan fingerprint density at radius 3 is 2.69 bits per heavy atom. The van der Waals surface area contributed by atoms with Gasteiger partial charge in [0.05, 0.1) is 0 Å². The van der Waals surface area contributed by atoms with Gasteiger partial charge in [-0.3, -0.25) is 0 Å². The van der Waals surface area contributed by atoms with Crippen molar-refractivity contribution in [2.75, 3.05) is 0 Å². The van der Waals surface area contributed by atoms with Gasteiger partial charge in [-0.1, -0.05) is 23.4 Å². The molecule has 0 radical (unpaired) electrons. The topological polar surface area (TPSA) is 38.9 Å². The van der Waals surface area contributed by atoms with E-state index in [9.17, 15) is 0 Å². The molecule has 0 N–H and O–H groups in total. The van der Waals surface area contributed by atoms with Crippen LogP contribution in [0.5, 0.6) is 0 Å². The zero-order valence-corrected chi connectivity index (χ0v) is 10.1. The molecule has 1 heterocycles. The number of aromatic nitrogens is 2. The molecule has 0 aliphatic heterocycles. The van der Waals surface area contributed by atoms with E-state index >= 15 is 0 Å².